The molecule has 12 nitrogen and oxygen atoms in total. The van der Waals surface area contributed by atoms with Crippen LogP contribution in [0.25, 0.3) is 0 Å². The summed E-state index contributed by atoms with van der Waals surface area (Å²) in [6.07, 6.45) is 5.54. The highest BCUT2D eigenvalue weighted by molar-refractivity contribution is 5.92. The third-order valence-electron chi connectivity index (χ3n) is 10.9. The van der Waals surface area contributed by atoms with E-state index >= 15 is 0 Å². The van der Waals surface area contributed by atoms with Gasteiger partial charge in [-0.2, -0.15) is 0 Å². The largest absolute Gasteiger partial charge is 0.474 e. The average molecular weight is 657 g/mol. The van der Waals surface area contributed by atoms with Crippen molar-refractivity contribution in [1.29, 1.82) is 0 Å². The van der Waals surface area contributed by atoms with E-state index in [9.17, 15) is 9.59 Å². The Kier molecular flexibility index (Phi) is 7.87. The Morgan fingerprint density at radius 3 is 1.44 bits per heavy atom. The number of rotatable bonds is 8. The fourth-order valence-corrected chi connectivity index (χ4v) is 8.23. The number of benzene rings is 2. The summed E-state index contributed by atoms with van der Waals surface area (Å²) in [6, 6.07) is 19.7. The molecule has 2 atom stereocenters. The van der Waals surface area contributed by atoms with Gasteiger partial charge in [-0.25, -0.2) is 9.59 Å². The van der Waals surface area contributed by atoms with Gasteiger partial charge in [-0.3, -0.25) is 9.80 Å². The van der Waals surface area contributed by atoms with E-state index in [-0.39, 0.29) is 0 Å². The third-order valence-corrected chi connectivity index (χ3v) is 10.9. The molecule has 0 amide bonds. The molecule has 8 aliphatic rings. The van der Waals surface area contributed by atoms with E-state index in [1.807, 2.05) is 60.7 Å². The van der Waals surface area contributed by atoms with Crippen LogP contribution in [0, 0.1) is 0 Å². The maximum atomic E-state index is 13.3. The minimum atomic E-state index is -0.890. The van der Waals surface area contributed by atoms with Gasteiger partial charge >= 0.3 is 11.9 Å². The first kappa shape index (κ1) is 30.9. The number of esters is 2. The van der Waals surface area contributed by atoms with Crippen LogP contribution < -0.4 is 0 Å². The molecule has 2 aromatic carbocycles. The number of fused-ring (bicyclic) bond motifs is 4. The molecule has 2 unspecified atom stereocenters. The summed E-state index contributed by atoms with van der Waals surface area (Å²) < 4.78 is 24.4. The number of carbonyl (C=O) groups is 2. The van der Waals surface area contributed by atoms with Crippen LogP contribution in [0.3, 0.4) is 0 Å². The lowest BCUT2D eigenvalue weighted by atomic mass is 9.69. The van der Waals surface area contributed by atoms with Crippen LogP contribution >= 0.6 is 0 Å². The van der Waals surface area contributed by atoms with Crippen LogP contribution in [0.5, 0.6) is 0 Å². The van der Waals surface area contributed by atoms with Crippen LogP contribution in [-0.4, -0.2) is 95.2 Å². The smallest absolute Gasteiger partial charge is 0.331 e. The highest BCUT2D eigenvalue weighted by Crippen LogP contribution is 2.50. The molecule has 2 aromatic rings. The molecule has 0 saturated carbocycles. The molecule has 0 aliphatic carbocycles. The van der Waals surface area contributed by atoms with E-state index in [0.717, 1.165) is 49.5 Å². The van der Waals surface area contributed by atoms with Crippen LogP contribution in [0.2, 0.25) is 0 Å². The molecule has 48 heavy (non-hydrogen) atoms. The number of ether oxygens (including phenoxy) is 4. The highest BCUT2D eigenvalue weighted by atomic mass is 16.7. The standard InChI is InChI=1S/C36H40N4O8/c41-31(45-33-13-17-39(18-14-33)25-35(33)21-29(37-47-35)43-23-27-7-3-1-4-8-27)11-12-32(42)46-34-15-19-40(20-16-34)26-36(34)22-30(38-48-36)44-24-28-9-5-2-6-10-28/h1-12H,13-26H2/b12-11+. The first-order valence-corrected chi connectivity index (χ1v) is 16.8. The first-order valence-electron chi connectivity index (χ1n) is 16.8. The summed E-state index contributed by atoms with van der Waals surface area (Å²) in [4.78, 5) is 43.4. The molecule has 0 radical (unpaired) electrons. The Balaban J connectivity index is 0.901. The molecular formula is C36H40N4O8. The quantitative estimate of drug-likeness (QED) is 0.307. The van der Waals surface area contributed by atoms with E-state index in [0.29, 0.717) is 76.6 Å². The lowest BCUT2D eigenvalue weighted by Crippen LogP contribution is -2.71. The molecule has 252 valence electrons. The Bertz CT molecular complexity index is 1500. The van der Waals surface area contributed by atoms with Gasteiger partial charge in [0.2, 0.25) is 11.8 Å². The predicted molar refractivity (Wildman–Crippen MR) is 172 cm³/mol. The fraction of sp³-hybridized carbons (Fsp3) is 0.500. The molecule has 8 heterocycles. The topological polar surface area (TPSA) is 121 Å². The molecule has 6 fully saturated rings. The second kappa shape index (κ2) is 12.2. The van der Waals surface area contributed by atoms with Crippen molar-refractivity contribution in [2.45, 2.75) is 74.1 Å². The van der Waals surface area contributed by atoms with Crippen LogP contribution in [0.4, 0.5) is 0 Å². The van der Waals surface area contributed by atoms with Gasteiger partial charge in [-0.1, -0.05) is 71.0 Å². The van der Waals surface area contributed by atoms with Crippen LogP contribution in [0.15, 0.2) is 83.1 Å². The Labute approximate surface area is 279 Å². The molecule has 0 N–H and O–H groups in total. The van der Waals surface area contributed by atoms with E-state index in [4.69, 9.17) is 28.6 Å². The SMILES string of the molecule is O=C(/C=C/C(=O)OC12CCN(CC1)CC21CC(OCc2ccccc2)=NO1)OC12CCN(CC1)CC21CC(OCc2ccccc2)=NO1. The van der Waals surface area contributed by atoms with Crippen molar-refractivity contribution in [3.8, 4) is 0 Å². The van der Waals surface area contributed by atoms with Crippen molar-refractivity contribution in [3.05, 3.63) is 83.9 Å². The normalized spacial score (nSPS) is 34.4. The van der Waals surface area contributed by atoms with Crippen molar-refractivity contribution in [2.24, 2.45) is 10.3 Å². The van der Waals surface area contributed by atoms with Gasteiger partial charge in [0, 0.05) is 77.1 Å². The zero-order valence-electron chi connectivity index (χ0n) is 26.9. The van der Waals surface area contributed by atoms with E-state index in [2.05, 4.69) is 20.1 Å². The second-order valence-corrected chi connectivity index (χ2v) is 13.8. The maximum absolute atomic E-state index is 13.3. The number of piperidine rings is 6. The van der Waals surface area contributed by atoms with Gasteiger partial charge in [0.15, 0.2) is 22.4 Å². The van der Waals surface area contributed by atoms with Gasteiger partial charge in [-0.05, 0) is 11.1 Å². The molecule has 8 aliphatic heterocycles. The Hall–Kier alpha value is -4.42. The highest BCUT2D eigenvalue weighted by Gasteiger charge is 2.66. The van der Waals surface area contributed by atoms with E-state index < -0.39 is 34.3 Å². The van der Waals surface area contributed by atoms with Crippen molar-refractivity contribution < 1.29 is 38.2 Å². The second-order valence-electron chi connectivity index (χ2n) is 13.8. The number of oxime groups is 2. The number of hydrogen-bond donors (Lipinski definition) is 0. The van der Waals surface area contributed by atoms with Gasteiger partial charge in [0.05, 0.1) is 12.8 Å². The summed E-state index contributed by atoms with van der Waals surface area (Å²) in [5.41, 5.74) is -1.42. The Morgan fingerprint density at radius 2 is 1.04 bits per heavy atom. The third kappa shape index (κ3) is 5.60. The summed E-state index contributed by atoms with van der Waals surface area (Å²) in [6.45, 7) is 5.04. The van der Waals surface area contributed by atoms with Crippen molar-refractivity contribution in [2.75, 3.05) is 39.3 Å². The van der Waals surface area contributed by atoms with Gasteiger partial charge in [0.25, 0.3) is 0 Å². The average Bonchev–Trinajstić information content (AvgIpc) is 3.72. The molecule has 2 spiro atoms. The zero-order valence-corrected chi connectivity index (χ0v) is 26.9. The molecular weight excluding hydrogens is 616 g/mol. The van der Waals surface area contributed by atoms with Crippen molar-refractivity contribution >= 4 is 23.7 Å². The number of nitrogens with zero attached hydrogens (tertiary/aromatic N) is 4. The molecule has 12 heteroatoms. The zero-order chi connectivity index (χ0) is 32.7. The summed E-state index contributed by atoms with van der Waals surface area (Å²) in [5.74, 6) is -0.264. The van der Waals surface area contributed by atoms with Crippen molar-refractivity contribution in [3.63, 3.8) is 0 Å². The lowest BCUT2D eigenvalue weighted by Gasteiger charge is -2.56. The summed E-state index contributed by atoms with van der Waals surface area (Å²) >= 11 is 0. The van der Waals surface area contributed by atoms with E-state index in [1.165, 1.54) is 0 Å². The van der Waals surface area contributed by atoms with Crippen molar-refractivity contribution in [1.82, 2.24) is 9.80 Å². The minimum absolute atomic E-state index is 0.375. The summed E-state index contributed by atoms with van der Waals surface area (Å²) in [7, 11) is 0. The van der Waals surface area contributed by atoms with Gasteiger partial charge in [-0.15, -0.1) is 0 Å². The number of carbonyl (C=O) groups excluding carboxylic acids is 2. The van der Waals surface area contributed by atoms with Crippen LogP contribution in [-0.2, 0) is 51.4 Å². The number of hydrogen-bond acceptors (Lipinski definition) is 12. The van der Waals surface area contributed by atoms with E-state index in [1.54, 1.807) is 0 Å². The molecule has 10 rings (SSSR count). The molecule has 4 bridgehead atoms. The van der Waals surface area contributed by atoms with Gasteiger partial charge < -0.3 is 28.6 Å². The lowest BCUT2D eigenvalue weighted by molar-refractivity contribution is -0.246. The van der Waals surface area contributed by atoms with Crippen LogP contribution in [0.1, 0.15) is 49.7 Å². The van der Waals surface area contributed by atoms with Gasteiger partial charge in [0.1, 0.15) is 13.2 Å². The summed E-state index contributed by atoms with van der Waals surface area (Å²) in [5, 5.41) is 8.55. The first-order chi connectivity index (χ1) is 23.4. The Morgan fingerprint density at radius 1 is 0.646 bits per heavy atom. The predicted octanol–water partition coefficient (Wildman–Crippen LogP) is 3.70. The minimum Gasteiger partial charge on any atom is -0.474 e. The fourth-order valence-electron chi connectivity index (χ4n) is 8.23. The molecule has 6 saturated heterocycles. The maximum Gasteiger partial charge on any atom is 0.331 e. The monoisotopic (exact) mass is 656 g/mol. The molecule has 0 aromatic heterocycles.